The molecule has 1 aromatic carbocycles. The van der Waals surface area contributed by atoms with Crippen molar-refractivity contribution >= 4 is 17.4 Å². The van der Waals surface area contributed by atoms with Crippen molar-refractivity contribution in [2.75, 3.05) is 17.2 Å². The summed E-state index contributed by atoms with van der Waals surface area (Å²) in [6.45, 7) is 3.75. The number of amides is 1. The van der Waals surface area contributed by atoms with Crippen LogP contribution in [0, 0.1) is 18.6 Å². The van der Waals surface area contributed by atoms with Crippen LogP contribution in [0.2, 0.25) is 0 Å². The quantitative estimate of drug-likeness (QED) is 0.904. The van der Waals surface area contributed by atoms with Gasteiger partial charge in [-0.25, -0.2) is 8.78 Å². The largest absolute Gasteiger partial charge is 0.381 e. The zero-order valence-corrected chi connectivity index (χ0v) is 11.0. The molecule has 0 saturated heterocycles. The summed E-state index contributed by atoms with van der Waals surface area (Å²) < 4.78 is 32.1. The number of aryl methyl sites for hydroxylation is 1. The molecule has 0 aliphatic rings. The molecule has 5 nitrogen and oxygen atoms in total. The molecule has 7 heteroatoms. The number of aromatic nitrogens is 1. The van der Waals surface area contributed by atoms with Gasteiger partial charge in [-0.05, 0) is 26.0 Å². The van der Waals surface area contributed by atoms with Crippen molar-refractivity contribution in [3.8, 4) is 0 Å². The first kappa shape index (κ1) is 14.0. The summed E-state index contributed by atoms with van der Waals surface area (Å²) in [6.07, 6.45) is 0. The van der Waals surface area contributed by atoms with E-state index in [0.29, 0.717) is 12.3 Å². The fourth-order valence-corrected chi connectivity index (χ4v) is 1.66. The Kier molecular flexibility index (Phi) is 3.97. The van der Waals surface area contributed by atoms with Gasteiger partial charge in [-0.3, -0.25) is 4.79 Å². The highest BCUT2D eigenvalue weighted by atomic mass is 19.1. The summed E-state index contributed by atoms with van der Waals surface area (Å²) in [6, 6.07) is 3.42. The third kappa shape index (κ3) is 2.93. The molecule has 0 atom stereocenters. The molecule has 0 radical (unpaired) electrons. The maximum atomic E-state index is 13.7. The van der Waals surface area contributed by atoms with Crippen molar-refractivity contribution in [2.45, 2.75) is 13.8 Å². The van der Waals surface area contributed by atoms with Gasteiger partial charge < -0.3 is 15.2 Å². The lowest BCUT2D eigenvalue weighted by Gasteiger charge is -2.08. The van der Waals surface area contributed by atoms with Gasteiger partial charge >= 0.3 is 0 Å². The van der Waals surface area contributed by atoms with Crippen molar-refractivity contribution in [2.24, 2.45) is 0 Å². The van der Waals surface area contributed by atoms with E-state index in [9.17, 15) is 13.6 Å². The molecule has 2 N–H and O–H groups in total. The van der Waals surface area contributed by atoms with Gasteiger partial charge in [-0.2, -0.15) is 0 Å². The number of carbonyl (C=O) groups is 1. The highest BCUT2D eigenvalue weighted by molar-refractivity contribution is 6.04. The Morgan fingerprint density at radius 2 is 1.95 bits per heavy atom. The molecule has 1 heterocycles. The number of carbonyl (C=O) groups excluding carboxylic acids is 1. The highest BCUT2D eigenvalue weighted by Gasteiger charge is 2.15. The van der Waals surface area contributed by atoms with E-state index in [2.05, 4.69) is 15.8 Å². The van der Waals surface area contributed by atoms with E-state index < -0.39 is 17.5 Å². The fraction of sp³-hybridized carbons (Fsp3) is 0.231. The van der Waals surface area contributed by atoms with E-state index in [1.165, 1.54) is 6.07 Å². The second-order valence-corrected chi connectivity index (χ2v) is 4.12. The molecule has 2 rings (SSSR count). The third-order valence-corrected chi connectivity index (χ3v) is 2.53. The van der Waals surface area contributed by atoms with Crippen LogP contribution < -0.4 is 10.6 Å². The lowest BCUT2D eigenvalue weighted by molar-refractivity contribution is 0.102. The van der Waals surface area contributed by atoms with Crippen molar-refractivity contribution < 1.29 is 18.1 Å². The van der Waals surface area contributed by atoms with Gasteiger partial charge in [-0.15, -0.1) is 0 Å². The predicted molar refractivity (Wildman–Crippen MR) is 69.7 cm³/mol. The fourth-order valence-electron chi connectivity index (χ4n) is 1.66. The summed E-state index contributed by atoms with van der Waals surface area (Å²) in [4.78, 5) is 11.9. The summed E-state index contributed by atoms with van der Waals surface area (Å²) in [5.41, 5.74) is -0.386. The van der Waals surface area contributed by atoms with Crippen LogP contribution in [0.3, 0.4) is 0 Å². The molecule has 0 unspecified atom stereocenters. The third-order valence-electron chi connectivity index (χ3n) is 2.53. The number of hydrogen-bond donors (Lipinski definition) is 2. The van der Waals surface area contributed by atoms with Crippen LogP contribution in [-0.4, -0.2) is 17.6 Å². The molecule has 106 valence electrons. The van der Waals surface area contributed by atoms with Gasteiger partial charge in [0.05, 0.1) is 0 Å². The SMILES string of the molecule is CCNc1c(F)cc(C(=O)Nc2cc(C)on2)cc1F. The first-order valence-electron chi connectivity index (χ1n) is 5.99. The number of nitrogens with one attached hydrogen (secondary N) is 2. The molecular weight excluding hydrogens is 268 g/mol. The van der Waals surface area contributed by atoms with Gasteiger partial charge in [-0.1, -0.05) is 5.16 Å². The summed E-state index contributed by atoms with van der Waals surface area (Å²) in [5.74, 6) is -1.62. The average molecular weight is 281 g/mol. The zero-order valence-electron chi connectivity index (χ0n) is 11.0. The minimum absolute atomic E-state index is 0.137. The Labute approximate surface area is 114 Å². The molecule has 2 aromatic rings. The second-order valence-electron chi connectivity index (χ2n) is 4.12. The number of benzene rings is 1. The monoisotopic (exact) mass is 281 g/mol. The Morgan fingerprint density at radius 1 is 1.30 bits per heavy atom. The summed E-state index contributed by atoms with van der Waals surface area (Å²) in [5, 5.41) is 8.51. The number of anilines is 2. The van der Waals surface area contributed by atoms with E-state index in [1.807, 2.05) is 0 Å². The molecule has 1 amide bonds. The van der Waals surface area contributed by atoms with Crippen LogP contribution in [0.4, 0.5) is 20.3 Å². The first-order valence-corrected chi connectivity index (χ1v) is 5.99. The van der Waals surface area contributed by atoms with Crippen LogP contribution in [0.5, 0.6) is 0 Å². The molecule has 1 aromatic heterocycles. The molecule has 0 saturated carbocycles. The number of halogens is 2. The second kappa shape index (κ2) is 5.68. The molecule has 0 aliphatic heterocycles. The Morgan fingerprint density at radius 3 is 2.45 bits per heavy atom. The molecular formula is C13H13F2N3O2. The topological polar surface area (TPSA) is 67.2 Å². The lowest BCUT2D eigenvalue weighted by Crippen LogP contribution is -2.14. The number of rotatable bonds is 4. The molecule has 0 aliphatic carbocycles. The smallest absolute Gasteiger partial charge is 0.257 e. The van der Waals surface area contributed by atoms with E-state index in [-0.39, 0.29) is 17.1 Å². The van der Waals surface area contributed by atoms with Crippen LogP contribution in [0.1, 0.15) is 23.0 Å². The van der Waals surface area contributed by atoms with Crippen LogP contribution in [0.25, 0.3) is 0 Å². The van der Waals surface area contributed by atoms with E-state index >= 15 is 0 Å². The summed E-state index contributed by atoms with van der Waals surface area (Å²) in [7, 11) is 0. The minimum Gasteiger partial charge on any atom is -0.381 e. The highest BCUT2D eigenvalue weighted by Crippen LogP contribution is 2.21. The van der Waals surface area contributed by atoms with E-state index in [1.54, 1.807) is 13.8 Å². The Bertz CT molecular complexity index is 617. The van der Waals surface area contributed by atoms with Crippen LogP contribution in [-0.2, 0) is 0 Å². The van der Waals surface area contributed by atoms with Gasteiger partial charge in [0, 0.05) is 18.2 Å². The standard InChI is InChI=1S/C13H13F2N3O2/c1-3-16-12-9(14)5-8(6-10(12)15)13(19)17-11-4-7(2)20-18-11/h4-6,16H,3H2,1-2H3,(H,17,18,19). The van der Waals surface area contributed by atoms with Crippen molar-refractivity contribution in [1.29, 1.82) is 0 Å². The number of nitrogens with zero attached hydrogens (tertiary/aromatic N) is 1. The van der Waals surface area contributed by atoms with E-state index in [4.69, 9.17) is 4.52 Å². The van der Waals surface area contributed by atoms with Gasteiger partial charge in [0.2, 0.25) is 0 Å². The van der Waals surface area contributed by atoms with Crippen molar-refractivity contribution in [3.63, 3.8) is 0 Å². The normalized spacial score (nSPS) is 10.4. The van der Waals surface area contributed by atoms with Crippen LogP contribution in [0.15, 0.2) is 22.7 Å². The molecule has 20 heavy (non-hydrogen) atoms. The zero-order chi connectivity index (χ0) is 14.7. The number of hydrogen-bond acceptors (Lipinski definition) is 4. The Hall–Kier alpha value is -2.44. The maximum Gasteiger partial charge on any atom is 0.257 e. The molecule has 0 spiro atoms. The van der Waals surface area contributed by atoms with Gasteiger partial charge in [0.1, 0.15) is 23.1 Å². The maximum absolute atomic E-state index is 13.7. The minimum atomic E-state index is -0.826. The average Bonchev–Trinajstić information content (AvgIpc) is 2.79. The van der Waals surface area contributed by atoms with Gasteiger partial charge in [0.25, 0.3) is 5.91 Å². The molecule has 0 fully saturated rings. The van der Waals surface area contributed by atoms with Crippen LogP contribution >= 0.6 is 0 Å². The summed E-state index contributed by atoms with van der Waals surface area (Å²) >= 11 is 0. The lowest BCUT2D eigenvalue weighted by atomic mass is 10.1. The van der Waals surface area contributed by atoms with Gasteiger partial charge in [0.15, 0.2) is 5.82 Å². The molecule has 0 bridgehead atoms. The van der Waals surface area contributed by atoms with E-state index in [0.717, 1.165) is 12.1 Å². The van der Waals surface area contributed by atoms with Crippen molar-refractivity contribution in [1.82, 2.24) is 5.16 Å². The predicted octanol–water partition coefficient (Wildman–Crippen LogP) is 2.95. The van der Waals surface area contributed by atoms with Crippen molar-refractivity contribution in [3.05, 3.63) is 41.2 Å². The first-order chi connectivity index (χ1) is 9.51. The Balaban J connectivity index is 2.22.